The Morgan fingerprint density at radius 3 is 1.69 bits per heavy atom. The quantitative estimate of drug-likeness (QED) is 0.165. The van der Waals surface area contributed by atoms with E-state index in [1.54, 1.807) is 0 Å². The first-order valence-electron chi connectivity index (χ1n) is 20.1. The van der Waals surface area contributed by atoms with E-state index in [0.29, 0.717) is 0 Å². The average molecular weight is 751 g/mol. The number of hydrogen-bond donors (Lipinski definition) is 0. The molecule has 272 valence electrons. The fourth-order valence-corrected chi connectivity index (χ4v) is 10.5. The van der Waals surface area contributed by atoms with Crippen molar-refractivity contribution in [2.24, 2.45) is 0 Å². The Morgan fingerprint density at radius 1 is 0.356 bits per heavy atom. The summed E-state index contributed by atoms with van der Waals surface area (Å²) in [6, 6.07) is 65.0. The predicted molar refractivity (Wildman–Crippen MR) is 247 cm³/mol. The van der Waals surface area contributed by atoms with Crippen LogP contribution in [0.15, 0.2) is 191 Å². The van der Waals surface area contributed by atoms with Crippen LogP contribution in [-0.2, 0) is 0 Å². The van der Waals surface area contributed by atoms with Crippen LogP contribution in [0.3, 0.4) is 0 Å². The highest BCUT2D eigenvalue weighted by Gasteiger charge is 2.21. The third kappa shape index (κ3) is 4.00. The first-order valence-corrected chi connectivity index (χ1v) is 20.1. The van der Waals surface area contributed by atoms with E-state index in [1.165, 1.54) is 37.7 Å². The van der Waals surface area contributed by atoms with E-state index in [0.717, 1.165) is 93.1 Å². The van der Waals surface area contributed by atoms with Gasteiger partial charge in [-0.15, -0.1) is 0 Å². The van der Waals surface area contributed by atoms with Gasteiger partial charge in [0.15, 0.2) is 0 Å². The zero-order chi connectivity index (χ0) is 38.5. The first kappa shape index (κ1) is 31.2. The Bertz CT molecular complexity index is 4200. The summed E-state index contributed by atoms with van der Waals surface area (Å²) in [4.78, 5) is 13.9. The minimum Gasteiger partial charge on any atom is -0.455 e. The van der Waals surface area contributed by atoms with Crippen LogP contribution in [0.1, 0.15) is 0 Å². The molecule has 0 amide bonds. The second-order valence-corrected chi connectivity index (χ2v) is 15.9. The Labute approximate surface area is 335 Å². The average Bonchev–Trinajstić information content (AvgIpc) is 3.96. The van der Waals surface area contributed by atoms with Crippen LogP contribution in [0.25, 0.3) is 131 Å². The molecule has 0 bridgehead atoms. The second-order valence-electron chi connectivity index (χ2n) is 15.9. The Morgan fingerprint density at radius 2 is 0.898 bits per heavy atom. The molecule has 4 heteroatoms. The van der Waals surface area contributed by atoms with Gasteiger partial charge in [0.25, 0.3) is 5.56 Å². The maximum absolute atomic E-state index is 13.9. The second kappa shape index (κ2) is 11.1. The Kier molecular flexibility index (Phi) is 5.88. The summed E-state index contributed by atoms with van der Waals surface area (Å²) >= 11 is 0. The number of para-hydroxylation sites is 3. The summed E-state index contributed by atoms with van der Waals surface area (Å²) in [5.74, 6) is 0. The van der Waals surface area contributed by atoms with Gasteiger partial charge in [-0.05, 0) is 109 Å². The van der Waals surface area contributed by atoms with Gasteiger partial charge in [0.2, 0.25) is 0 Å². The summed E-state index contributed by atoms with van der Waals surface area (Å²) in [5, 5.41) is 16.9. The normalized spacial score (nSPS) is 12.5. The number of hydrogen-bond acceptors (Lipinski definition) is 2. The van der Waals surface area contributed by atoms with Crippen molar-refractivity contribution in [3.8, 4) is 16.8 Å². The number of nitrogens with zero attached hydrogens (tertiary/aromatic N) is 2. The van der Waals surface area contributed by atoms with Crippen LogP contribution >= 0.6 is 0 Å². The molecular formula is C55H30N2O2. The van der Waals surface area contributed by atoms with Gasteiger partial charge in [-0.2, -0.15) is 0 Å². The highest BCUT2D eigenvalue weighted by atomic mass is 16.3. The molecule has 14 aromatic rings. The van der Waals surface area contributed by atoms with Crippen LogP contribution < -0.4 is 5.56 Å². The fourth-order valence-electron chi connectivity index (χ4n) is 10.5. The van der Waals surface area contributed by atoms with E-state index in [4.69, 9.17) is 4.42 Å². The van der Waals surface area contributed by atoms with Gasteiger partial charge < -0.3 is 8.98 Å². The minimum absolute atomic E-state index is 0.0286. The molecule has 0 aliphatic rings. The van der Waals surface area contributed by atoms with E-state index < -0.39 is 0 Å². The molecule has 0 fully saturated rings. The summed E-state index contributed by atoms with van der Waals surface area (Å²) in [5.41, 5.74) is 9.44. The van der Waals surface area contributed by atoms with Crippen LogP contribution in [0.4, 0.5) is 0 Å². The smallest absolute Gasteiger partial charge is 0.263 e. The molecule has 4 heterocycles. The van der Waals surface area contributed by atoms with Crippen LogP contribution in [0, 0.1) is 0 Å². The minimum atomic E-state index is 0.0286. The van der Waals surface area contributed by atoms with Crippen molar-refractivity contribution >= 4 is 114 Å². The van der Waals surface area contributed by atoms with Crippen LogP contribution in [0.2, 0.25) is 0 Å². The lowest BCUT2D eigenvalue weighted by Gasteiger charge is -2.15. The van der Waals surface area contributed by atoms with Crippen molar-refractivity contribution in [1.82, 2.24) is 8.97 Å². The lowest BCUT2D eigenvalue weighted by Crippen LogP contribution is -2.12. The topological polar surface area (TPSA) is 39.5 Å². The van der Waals surface area contributed by atoms with Crippen molar-refractivity contribution < 1.29 is 4.42 Å². The molecule has 14 rings (SSSR count). The Balaban J connectivity index is 0.979. The highest BCUT2D eigenvalue weighted by Crippen LogP contribution is 2.43. The van der Waals surface area contributed by atoms with E-state index in [1.807, 2.05) is 28.7 Å². The molecular weight excluding hydrogens is 721 g/mol. The zero-order valence-electron chi connectivity index (χ0n) is 31.5. The molecule has 0 atom stereocenters. The van der Waals surface area contributed by atoms with Gasteiger partial charge in [-0.25, -0.2) is 0 Å². The van der Waals surface area contributed by atoms with Crippen molar-refractivity contribution in [2.75, 3.05) is 0 Å². The summed E-state index contributed by atoms with van der Waals surface area (Å²) in [6.07, 6.45) is 0. The largest absolute Gasteiger partial charge is 0.455 e. The molecule has 0 spiro atoms. The third-order valence-corrected chi connectivity index (χ3v) is 13.0. The van der Waals surface area contributed by atoms with Gasteiger partial charge in [-0.3, -0.25) is 9.20 Å². The monoisotopic (exact) mass is 750 g/mol. The number of fused-ring (bicyclic) bond motifs is 18. The first-order chi connectivity index (χ1) is 29.2. The van der Waals surface area contributed by atoms with Gasteiger partial charge in [0.1, 0.15) is 11.2 Å². The number of furan rings is 1. The molecule has 59 heavy (non-hydrogen) atoms. The molecule has 0 N–H and O–H groups in total. The summed E-state index contributed by atoms with van der Waals surface area (Å²) in [6.45, 7) is 0. The number of pyridine rings is 1. The lowest BCUT2D eigenvalue weighted by atomic mass is 9.91. The van der Waals surface area contributed by atoms with Gasteiger partial charge in [0.05, 0.1) is 27.5 Å². The zero-order valence-corrected chi connectivity index (χ0v) is 31.5. The van der Waals surface area contributed by atoms with Gasteiger partial charge in [-0.1, -0.05) is 121 Å². The van der Waals surface area contributed by atoms with Crippen LogP contribution in [0.5, 0.6) is 0 Å². The molecule has 0 radical (unpaired) electrons. The van der Waals surface area contributed by atoms with Gasteiger partial charge in [0, 0.05) is 43.4 Å². The van der Waals surface area contributed by atoms with Crippen LogP contribution in [-0.4, -0.2) is 8.97 Å². The van der Waals surface area contributed by atoms with Crippen molar-refractivity contribution in [3.05, 3.63) is 192 Å². The van der Waals surface area contributed by atoms with Crippen molar-refractivity contribution in [3.63, 3.8) is 0 Å². The lowest BCUT2D eigenvalue weighted by molar-refractivity contribution is 0.673. The van der Waals surface area contributed by atoms with Gasteiger partial charge >= 0.3 is 0 Å². The molecule has 0 aliphatic heterocycles. The molecule has 4 nitrogen and oxygen atoms in total. The molecule has 10 aromatic carbocycles. The highest BCUT2D eigenvalue weighted by molar-refractivity contribution is 6.27. The molecule has 0 aliphatic carbocycles. The molecule has 0 saturated heterocycles. The summed E-state index contributed by atoms with van der Waals surface area (Å²) < 4.78 is 10.9. The Hall–Kier alpha value is -7.95. The summed E-state index contributed by atoms with van der Waals surface area (Å²) in [7, 11) is 0. The number of aromatic nitrogens is 2. The van der Waals surface area contributed by atoms with E-state index in [2.05, 4.69) is 162 Å². The molecule has 0 saturated carbocycles. The maximum atomic E-state index is 13.9. The SMILES string of the molecule is O=c1c2ccccc2c2cccc3c4cc(-c5ccc6c7ccc(-n8c9ccccc9c9c%10oc%11ccccc%11c%10ccc98)cc7c7ccccc7c6c5)ccc4n1c23. The third-order valence-electron chi connectivity index (χ3n) is 13.0. The predicted octanol–water partition coefficient (Wildman–Crippen LogP) is 14.3. The van der Waals surface area contributed by atoms with E-state index in [-0.39, 0.29) is 5.56 Å². The van der Waals surface area contributed by atoms with Crippen molar-refractivity contribution in [1.29, 1.82) is 0 Å². The van der Waals surface area contributed by atoms with E-state index >= 15 is 0 Å². The number of benzene rings is 10. The molecule has 4 aromatic heterocycles. The maximum Gasteiger partial charge on any atom is 0.263 e. The van der Waals surface area contributed by atoms with E-state index in [9.17, 15) is 4.79 Å². The number of rotatable bonds is 2. The fraction of sp³-hybridized carbons (Fsp3) is 0. The molecule has 0 unspecified atom stereocenters. The standard InChI is InChI=1S/C55H30N2O2/c58-55-43-14-4-3-12-36(43)40-16-9-17-41-47-29-32(21-26-49(47)57(55)53(40)41)31-20-23-37-38-24-22-33(30-46(38)35-11-2-1-10-34(35)45(37)28-31)56-48-18-7-5-15-44(48)52-50(56)27-25-42-39-13-6-8-19-51(39)59-54(42)52/h1-30H. The van der Waals surface area contributed by atoms with Crippen molar-refractivity contribution in [2.45, 2.75) is 0 Å².